The van der Waals surface area contributed by atoms with E-state index in [1.807, 2.05) is 0 Å². The van der Waals surface area contributed by atoms with Crippen LogP contribution in [0.3, 0.4) is 0 Å². The smallest absolute Gasteiger partial charge is 0.0544 e. The van der Waals surface area contributed by atoms with E-state index in [0.29, 0.717) is 0 Å². The van der Waals surface area contributed by atoms with E-state index in [4.69, 9.17) is 0 Å². The van der Waals surface area contributed by atoms with Crippen LogP contribution in [0.1, 0.15) is 163 Å². The van der Waals surface area contributed by atoms with Crippen molar-refractivity contribution in [3.63, 3.8) is 0 Å². The zero-order valence-electron chi connectivity index (χ0n) is 36.6. The van der Waals surface area contributed by atoms with E-state index in [2.05, 4.69) is 167 Å². The Labute approximate surface area is 339 Å². The fourth-order valence-electron chi connectivity index (χ4n) is 11.6. The summed E-state index contributed by atoms with van der Waals surface area (Å²) in [6, 6.07) is 31.8. The fraction of sp³-hybridized carbons (Fsp3) is 0.455. The van der Waals surface area contributed by atoms with E-state index in [1.165, 1.54) is 135 Å². The predicted molar refractivity (Wildman–Crippen MR) is 241 cm³/mol. The number of rotatable bonds is 4. The summed E-state index contributed by atoms with van der Waals surface area (Å²) < 4.78 is 0. The third-order valence-corrected chi connectivity index (χ3v) is 15.4. The van der Waals surface area contributed by atoms with Gasteiger partial charge in [-0.3, -0.25) is 0 Å². The molecule has 290 valence electrons. The van der Waals surface area contributed by atoms with E-state index < -0.39 is 0 Å². The Morgan fingerprint density at radius 3 is 1.57 bits per heavy atom. The topological polar surface area (TPSA) is 3.24 Å². The maximum absolute atomic E-state index is 2.85. The van der Waals surface area contributed by atoms with Crippen LogP contribution in [0.5, 0.6) is 0 Å². The first-order valence-corrected chi connectivity index (χ1v) is 21.8. The van der Waals surface area contributed by atoms with Crippen molar-refractivity contribution in [3.05, 3.63) is 134 Å². The summed E-state index contributed by atoms with van der Waals surface area (Å²) in [4.78, 5) is 2.85. The SMILES string of the molecule is Cc1ccc2c(c1N(c1cc3c(cc1-c1ccc4c(c1)CCCC4)-c1ccccc1C3(C)C)c1c(C)ccc3c1C(C)(C)CCC3(C)C)C(C)(C)CCC2(C)C. The maximum Gasteiger partial charge on any atom is 0.0544 e. The number of hydrogen-bond donors (Lipinski definition) is 0. The first-order valence-electron chi connectivity index (χ1n) is 21.8. The molecule has 0 heterocycles. The molecule has 5 aromatic rings. The van der Waals surface area contributed by atoms with Crippen molar-refractivity contribution in [2.75, 3.05) is 4.90 Å². The van der Waals surface area contributed by atoms with Crippen LogP contribution in [0.4, 0.5) is 17.1 Å². The van der Waals surface area contributed by atoms with Gasteiger partial charge in [-0.05, 0) is 171 Å². The number of nitrogens with zero attached hydrogens (tertiary/aromatic N) is 1. The molecule has 0 radical (unpaired) electrons. The summed E-state index contributed by atoms with van der Waals surface area (Å²) in [5.74, 6) is 0. The Hall–Kier alpha value is -4.10. The largest absolute Gasteiger partial charge is 0.309 e. The van der Waals surface area contributed by atoms with Gasteiger partial charge in [0.15, 0.2) is 0 Å². The molecular formula is C55H65N. The van der Waals surface area contributed by atoms with Gasteiger partial charge in [0, 0.05) is 11.0 Å². The van der Waals surface area contributed by atoms with Crippen LogP contribution in [0.15, 0.2) is 78.9 Å². The lowest BCUT2D eigenvalue weighted by atomic mass is 9.61. The van der Waals surface area contributed by atoms with Crippen LogP contribution in [0.25, 0.3) is 22.3 Å². The van der Waals surface area contributed by atoms with Crippen LogP contribution < -0.4 is 4.90 Å². The normalized spacial score (nSPS) is 20.3. The number of fused-ring (bicyclic) bond motifs is 6. The molecule has 0 unspecified atom stereocenters. The second-order valence-electron chi connectivity index (χ2n) is 21.5. The average molecular weight is 740 g/mol. The standard InChI is InChI=1S/C55H65N/c1-34-21-25-43-47(53(7,8)29-27-51(43,3)4)49(34)56(50-35(2)22-26-44-48(50)54(9,10)30-28-52(44,5)6)46-33-45-41(39-19-15-16-20-42(39)55(45,11)12)32-40(46)38-24-23-36-17-13-14-18-37(36)31-38/h15-16,19-26,31-33H,13-14,17-18,27-30H2,1-12H3. The van der Waals surface area contributed by atoms with Crippen LogP contribution in [0.2, 0.25) is 0 Å². The Bertz CT molecular complexity index is 2340. The van der Waals surface area contributed by atoms with Crippen LogP contribution in [-0.4, -0.2) is 0 Å². The van der Waals surface area contributed by atoms with E-state index in [9.17, 15) is 0 Å². The molecule has 0 amide bonds. The van der Waals surface area contributed by atoms with E-state index in [0.717, 1.165) is 0 Å². The minimum Gasteiger partial charge on any atom is -0.309 e. The molecule has 56 heavy (non-hydrogen) atoms. The molecule has 4 aliphatic carbocycles. The van der Waals surface area contributed by atoms with E-state index >= 15 is 0 Å². The molecule has 0 atom stereocenters. The van der Waals surface area contributed by atoms with Crippen molar-refractivity contribution < 1.29 is 0 Å². The van der Waals surface area contributed by atoms with Crippen LogP contribution >= 0.6 is 0 Å². The molecular weight excluding hydrogens is 675 g/mol. The second kappa shape index (κ2) is 12.4. The second-order valence-corrected chi connectivity index (χ2v) is 21.5. The van der Waals surface area contributed by atoms with Crippen molar-refractivity contribution in [2.45, 2.75) is 162 Å². The van der Waals surface area contributed by atoms with Gasteiger partial charge in [0.05, 0.1) is 17.1 Å². The summed E-state index contributed by atoms with van der Waals surface area (Å²) in [5.41, 5.74) is 24.5. The lowest BCUT2D eigenvalue weighted by molar-refractivity contribution is 0.331. The van der Waals surface area contributed by atoms with E-state index in [1.54, 1.807) is 11.1 Å². The quantitative estimate of drug-likeness (QED) is 0.177. The molecule has 0 aromatic heterocycles. The summed E-state index contributed by atoms with van der Waals surface area (Å²) in [6.07, 6.45) is 9.68. The summed E-state index contributed by atoms with van der Waals surface area (Å²) in [7, 11) is 0. The van der Waals surface area contributed by atoms with Crippen molar-refractivity contribution in [2.24, 2.45) is 0 Å². The zero-order valence-corrected chi connectivity index (χ0v) is 36.6. The number of benzene rings is 5. The molecule has 1 nitrogen and oxygen atoms in total. The van der Waals surface area contributed by atoms with Gasteiger partial charge in [-0.1, -0.05) is 136 Å². The lowest BCUT2D eigenvalue weighted by Gasteiger charge is -2.48. The van der Waals surface area contributed by atoms with E-state index in [-0.39, 0.29) is 27.1 Å². The van der Waals surface area contributed by atoms with Gasteiger partial charge in [-0.15, -0.1) is 0 Å². The first kappa shape index (κ1) is 37.5. The van der Waals surface area contributed by atoms with Crippen molar-refractivity contribution in [1.29, 1.82) is 0 Å². The van der Waals surface area contributed by atoms with Crippen molar-refractivity contribution in [1.82, 2.24) is 0 Å². The molecule has 0 N–H and O–H groups in total. The number of aryl methyl sites for hydroxylation is 4. The summed E-state index contributed by atoms with van der Waals surface area (Å²) in [6.45, 7) is 29.7. The summed E-state index contributed by atoms with van der Waals surface area (Å²) >= 11 is 0. The zero-order chi connectivity index (χ0) is 39.7. The van der Waals surface area contributed by atoms with Gasteiger partial charge < -0.3 is 4.90 Å². The van der Waals surface area contributed by atoms with Gasteiger partial charge in [-0.25, -0.2) is 0 Å². The molecule has 0 saturated carbocycles. The third kappa shape index (κ3) is 5.53. The molecule has 0 fully saturated rings. The highest BCUT2D eigenvalue weighted by atomic mass is 15.2. The fourth-order valence-corrected chi connectivity index (χ4v) is 11.6. The van der Waals surface area contributed by atoms with Gasteiger partial charge in [0.25, 0.3) is 0 Å². The van der Waals surface area contributed by atoms with Crippen LogP contribution in [-0.2, 0) is 39.9 Å². The molecule has 5 aromatic carbocycles. The average Bonchev–Trinajstić information content (AvgIpc) is 3.38. The van der Waals surface area contributed by atoms with Crippen molar-refractivity contribution >= 4 is 17.1 Å². The lowest BCUT2D eigenvalue weighted by Crippen LogP contribution is -2.38. The molecule has 0 spiro atoms. The highest BCUT2D eigenvalue weighted by molar-refractivity contribution is 5.97. The number of anilines is 3. The van der Waals surface area contributed by atoms with Gasteiger partial charge in [0.2, 0.25) is 0 Å². The van der Waals surface area contributed by atoms with Gasteiger partial charge in [-0.2, -0.15) is 0 Å². The van der Waals surface area contributed by atoms with Gasteiger partial charge >= 0.3 is 0 Å². The highest BCUT2D eigenvalue weighted by Crippen LogP contribution is 2.60. The number of hydrogen-bond acceptors (Lipinski definition) is 1. The molecule has 0 saturated heterocycles. The minimum atomic E-state index is -0.125. The third-order valence-electron chi connectivity index (χ3n) is 15.4. The molecule has 0 bridgehead atoms. The Morgan fingerprint density at radius 2 is 0.982 bits per heavy atom. The monoisotopic (exact) mass is 740 g/mol. The molecule has 1 heteroatoms. The Balaban J connectivity index is 1.47. The van der Waals surface area contributed by atoms with Crippen LogP contribution in [0, 0.1) is 13.8 Å². The minimum absolute atomic E-state index is 0.0141. The highest BCUT2D eigenvalue weighted by Gasteiger charge is 2.45. The van der Waals surface area contributed by atoms with Gasteiger partial charge in [0.1, 0.15) is 0 Å². The summed E-state index contributed by atoms with van der Waals surface area (Å²) in [5, 5.41) is 0. The molecule has 9 rings (SSSR count). The predicted octanol–water partition coefficient (Wildman–Crippen LogP) is 15.3. The maximum atomic E-state index is 2.85. The molecule has 0 aliphatic heterocycles. The Kier molecular flexibility index (Phi) is 8.33. The molecule has 4 aliphatic rings. The Morgan fingerprint density at radius 1 is 0.446 bits per heavy atom. The first-order chi connectivity index (χ1) is 26.3. The van der Waals surface area contributed by atoms with Crippen molar-refractivity contribution in [3.8, 4) is 22.3 Å².